The molecule has 0 aliphatic carbocycles. The molecule has 1 aromatic rings. The molecule has 1 aliphatic rings. The summed E-state index contributed by atoms with van der Waals surface area (Å²) in [4.78, 5) is 13.3. The van der Waals surface area contributed by atoms with Gasteiger partial charge in [-0.3, -0.25) is 9.69 Å². The zero-order valence-corrected chi connectivity index (χ0v) is 10.2. The summed E-state index contributed by atoms with van der Waals surface area (Å²) in [6.07, 6.45) is 0.564. The van der Waals surface area contributed by atoms with Crippen LogP contribution >= 0.6 is 0 Å². The fraction of sp³-hybridized carbons (Fsp3) is 0.462. The van der Waals surface area contributed by atoms with E-state index in [1.807, 2.05) is 11.8 Å². The van der Waals surface area contributed by atoms with Gasteiger partial charge in [-0.2, -0.15) is 0 Å². The quantitative estimate of drug-likeness (QED) is 0.891. The van der Waals surface area contributed by atoms with Crippen molar-refractivity contribution >= 4 is 5.91 Å². The van der Waals surface area contributed by atoms with Crippen LogP contribution in [0.4, 0.5) is 8.78 Å². The molecule has 0 saturated carbocycles. The number of likely N-dealkylation sites (tertiary alicyclic amines) is 1. The van der Waals surface area contributed by atoms with Gasteiger partial charge in [0.2, 0.25) is 5.91 Å². The zero-order valence-electron chi connectivity index (χ0n) is 10.2. The number of hydrogen-bond acceptors (Lipinski definition) is 2. The molecule has 0 bridgehead atoms. The maximum atomic E-state index is 13.2. The maximum absolute atomic E-state index is 13.2. The lowest BCUT2D eigenvalue weighted by molar-refractivity contribution is -0.122. The van der Waals surface area contributed by atoms with Crippen LogP contribution in [-0.2, 0) is 4.79 Å². The molecule has 1 saturated heterocycles. The van der Waals surface area contributed by atoms with Crippen molar-refractivity contribution in [1.82, 2.24) is 4.90 Å². The molecule has 0 radical (unpaired) electrons. The zero-order chi connectivity index (χ0) is 13.3. The third-order valence-electron chi connectivity index (χ3n) is 3.55. The predicted octanol–water partition coefficient (Wildman–Crippen LogP) is 1.63. The fourth-order valence-corrected chi connectivity index (χ4v) is 2.56. The van der Waals surface area contributed by atoms with E-state index in [4.69, 9.17) is 5.73 Å². The van der Waals surface area contributed by atoms with E-state index < -0.39 is 11.6 Å². The number of nitrogens with zero attached hydrogens (tertiary/aromatic N) is 1. The molecule has 98 valence electrons. The summed E-state index contributed by atoms with van der Waals surface area (Å²) in [5.41, 5.74) is 6.06. The molecule has 1 unspecified atom stereocenters. The van der Waals surface area contributed by atoms with E-state index >= 15 is 0 Å². The Morgan fingerprint density at radius 1 is 1.44 bits per heavy atom. The Kier molecular flexibility index (Phi) is 3.61. The highest BCUT2D eigenvalue weighted by Gasteiger charge is 2.35. The van der Waals surface area contributed by atoms with Crippen LogP contribution in [0.25, 0.3) is 0 Å². The van der Waals surface area contributed by atoms with Crippen molar-refractivity contribution in [3.8, 4) is 0 Å². The summed E-state index contributed by atoms with van der Waals surface area (Å²) in [6.45, 7) is 3.31. The largest absolute Gasteiger partial charge is 0.368 e. The second-order valence-electron chi connectivity index (χ2n) is 4.61. The van der Waals surface area contributed by atoms with Gasteiger partial charge in [0, 0.05) is 6.54 Å². The molecule has 5 heteroatoms. The van der Waals surface area contributed by atoms with E-state index in [2.05, 4.69) is 0 Å². The van der Waals surface area contributed by atoms with E-state index in [1.54, 1.807) is 6.07 Å². The Morgan fingerprint density at radius 3 is 2.67 bits per heavy atom. The Morgan fingerprint density at radius 2 is 2.17 bits per heavy atom. The predicted molar refractivity (Wildman–Crippen MR) is 63.9 cm³/mol. The molecule has 3 nitrogen and oxygen atoms in total. The van der Waals surface area contributed by atoms with E-state index in [1.165, 1.54) is 6.07 Å². The molecule has 0 spiro atoms. The molecule has 1 amide bonds. The second-order valence-corrected chi connectivity index (χ2v) is 4.61. The van der Waals surface area contributed by atoms with Gasteiger partial charge < -0.3 is 5.73 Å². The number of primary amides is 1. The molecule has 1 fully saturated rings. The Balaban J connectivity index is 2.20. The van der Waals surface area contributed by atoms with Crippen molar-refractivity contribution in [3.63, 3.8) is 0 Å². The molecule has 18 heavy (non-hydrogen) atoms. The van der Waals surface area contributed by atoms with Gasteiger partial charge in [-0.1, -0.05) is 13.0 Å². The summed E-state index contributed by atoms with van der Waals surface area (Å²) in [5, 5.41) is 0. The Bertz CT molecular complexity index is 464. The first kappa shape index (κ1) is 13.0. The lowest BCUT2D eigenvalue weighted by Gasteiger charge is -2.18. The highest BCUT2D eigenvalue weighted by atomic mass is 19.2. The van der Waals surface area contributed by atoms with Gasteiger partial charge in [-0.15, -0.1) is 0 Å². The number of amides is 1. The number of benzene rings is 1. The molecule has 2 rings (SSSR count). The summed E-state index contributed by atoms with van der Waals surface area (Å²) >= 11 is 0. The summed E-state index contributed by atoms with van der Waals surface area (Å²) < 4.78 is 26.1. The van der Waals surface area contributed by atoms with Gasteiger partial charge >= 0.3 is 0 Å². The normalized spacial score (nSPS) is 24.4. The van der Waals surface area contributed by atoms with Crippen LogP contribution in [-0.4, -0.2) is 29.9 Å². The standard InChI is InChI=1S/C13H16F2N2O/c1-2-17-7-9(6-12(17)13(16)18)8-3-4-10(14)11(15)5-8/h3-5,9,12H,2,6-7H2,1H3,(H2,16,18)/t9-,12?/m0/s1. The number of rotatable bonds is 3. The average Bonchev–Trinajstić information content (AvgIpc) is 2.77. The molecular formula is C13H16F2N2O. The van der Waals surface area contributed by atoms with Crippen molar-refractivity contribution in [3.05, 3.63) is 35.4 Å². The van der Waals surface area contributed by atoms with Crippen LogP contribution < -0.4 is 5.73 Å². The van der Waals surface area contributed by atoms with Gasteiger partial charge in [-0.05, 0) is 36.6 Å². The fourth-order valence-electron chi connectivity index (χ4n) is 2.56. The van der Waals surface area contributed by atoms with Crippen LogP contribution in [0.15, 0.2) is 18.2 Å². The Labute approximate surface area is 105 Å². The topological polar surface area (TPSA) is 46.3 Å². The number of hydrogen-bond donors (Lipinski definition) is 1. The summed E-state index contributed by atoms with van der Waals surface area (Å²) in [5.74, 6) is -2.03. The molecule has 2 N–H and O–H groups in total. The van der Waals surface area contributed by atoms with Crippen LogP contribution in [0.2, 0.25) is 0 Å². The molecule has 1 aromatic carbocycles. The lowest BCUT2D eigenvalue weighted by Crippen LogP contribution is -2.39. The Hall–Kier alpha value is -1.49. The van der Waals surface area contributed by atoms with E-state index in [0.29, 0.717) is 19.5 Å². The smallest absolute Gasteiger partial charge is 0.234 e. The van der Waals surface area contributed by atoms with E-state index in [0.717, 1.165) is 11.6 Å². The van der Waals surface area contributed by atoms with Crippen LogP contribution in [0, 0.1) is 11.6 Å². The van der Waals surface area contributed by atoms with Gasteiger partial charge in [0.1, 0.15) is 0 Å². The van der Waals surface area contributed by atoms with Crippen LogP contribution in [0.3, 0.4) is 0 Å². The molecule has 2 atom stereocenters. The van der Waals surface area contributed by atoms with Crippen LogP contribution in [0.1, 0.15) is 24.8 Å². The van der Waals surface area contributed by atoms with Crippen molar-refractivity contribution < 1.29 is 13.6 Å². The number of nitrogens with two attached hydrogens (primary N) is 1. The monoisotopic (exact) mass is 254 g/mol. The van der Waals surface area contributed by atoms with E-state index in [-0.39, 0.29) is 17.9 Å². The molecule has 0 aromatic heterocycles. The van der Waals surface area contributed by atoms with Gasteiger partial charge in [0.15, 0.2) is 11.6 Å². The van der Waals surface area contributed by atoms with Crippen molar-refractivity contribution in [2.24, 2.45) is 5.73 Å². The molecule has 1 heterocycles. The first-order valence-corrected chi connectivity index (χ1v) is 6.01. The first-order valence-electron chi connectivity index (χ1n) is 6.01. The third kappa shape index (κ3) is 2.36. The highest BCUT2D eigenvalue weighted by Crippen LogP contribution is 2.32. The van der Waals surface area contributed by atoms with E-state index in [9.17, 15) is 13.6 Å². The summed E-state index contributed by atoms with van der Waals surface area (Å²) in [6, 6.07) is 3.59. The van der Waals surface area contributed by atoms with Crippen molar-refractivity contribution in [1.29, 1.82) is 0 Å². The van der Waals surface area contributed by atoms with Gasteiger partial charge in [0.25, 0.3) is 0 Å². The van der Waals surface area contributed by atoms with Gasteiger partial charge in [-0.25, -0.2) is 8.78 Å². The number of likely N-dealkylation sites (N-methyl/N-ethyl adjacent to an activating group) is 1. The highest BCUT2D eigenvalue weighted by molar-refractivity contribution is 5.80. The number of carbonyl (C=O) groups is 1. The molecular weight excluding hydrogens is 238 g/mol. The lowest BCUT2D eigenvalue weighted by atomic mass is 9.96. The van der Waals surface area contributed by atoms with Crippen LogP contribution in [0.5, 0.6) is 0 Å². The van der Waals surface area contributed by atoms with Gasteiger partial charge in [0.05, 0.1) is 6.04 Å². The third-order valence-corrected chi connectivity index (χ3v) is 3.55. The SMILES string of the molecule is CCN1C[C@@H](c2ccc(F)c(F)c2)CC1C(N)=O. The minimum atomic E-state index is -0.851. The first-order chi connectivity index (χ1) is 8.52. The second kappa shape index (κ2) is 5.02. The number of halogens is 2. The van der Waals surface area contributed by atoms with Crippen molar-refractivity contribution in [2.75, 3.05) is 13.1 Å². The minimum Gasteiger partial charge on any atom is -0.368 e. The summed E-state index contributed by atoms with van der Waals surface area (Å²) in [7, 11) is 0. The average molecular weight is 254 g/mol. The maximum Gasteiger partial charge on any atom is 0.234 e. The minimum absolute atomic E-state index is 0.0255. The van der Waals surface area contributed by atoms with Crippen molar-refractivity contribution in [2.45, 2.75) is 25.3 Å². The number of carbonyl (C=O) groups excluding carboxylic acids is 1. The molecule has 1 aliphatic heterocycles.